The maximum atomic E-state index is 13.1. The molecule has 32 heavy (non-hydrogen) atoms. The van der Waals surface area contributed by atoms with Gasteiger partial charge in [-0.1, -0.05) is 6.07 Å². The van der Waals surface area contributed by atoms with Crippen molar-refractivity contribution in [2.75, 3.05) is 18.4 Å². The predicted octanol–water partition coefficient (Wildman–Crippen LogP) is 3.81. The van der Waals surface area contributed by atoms with Gasteiger partial charge < -0.3 is 19.4 Å². The van der Waals surface area contributed by atoms with Gasteiger partial charge in [-0.3, -0.25) is 10.1 Å². The van der Waals surface area contributed by atoms with Gasteiger partial charge in [-0.05, 0) is 61.1 Å². The number of hydrogen-bond donors (Lipinski definition) is 3. The second-order valence-corrected chi connectivity index (χ2v) is 9.84. The van der Waals surface area contributed by atoms with Crippen LogP contribution in [-0.2, 0) is 6.61 Å². The predicted molar refractivity (Wildman–Crippen MR) is 122 cm³/mol. The summed E-state index contributed by atoms with van der Waals surface area (Å²) in [5, 5.41) is 16.1. The van der Waals surface area contributed by atoms with E-state index in [0.29, 0.717) is 22.0 Å². The molecule has 1 aliphatic carbocycles. The summed E-state index contributed by atoms with van der Waals surface area (Å²) >= 11 is 1.36. The molecule has 0 bridgehead atoms. The number of fused-ring (bicyclic) bond motifs is 1. The molecule has 1 aliphatic heterocycles. The topological polar surface area (TPSA) is 105 Å². The fourth-order valence-corrected chi connectivity index (χ4v) is 5.91. The molecule has 4 aromatic rings. The monoisotopic (exact) mass is 449 g/mol. The van der Waals surface area contributed by atoms with E-state index >= 15 is 0 Å². The van der Waals surface area contributed by atoms with E-state index in [9.17, 15) is 9.90 Å². The van der Waals surface area contributed by atoms with Gasteiger partial charge in [-0.25, -0.2) is 9.97 Å². The van der Waals surface area contributed by atoms with Crippen LogP contribution in [0.5, 0.6) is 0 Å². The number of oxazole rings is 1. The Balaban J connectivity index is 1.32. The lowest BCUT2D eigenvalue weighted by molar-refractivity contribution is 0.0873. The van der Waals surface area contributed by atoms with E-state index in [1.165, 1.54) is 24.2 Å². The minimum Gasteiger partial charge on any atom is -0.443 e. The average molecular weight is 450 g/mol. The summed E-state index contributed by atoms with van der Waals surface area (Å²) in [5.41, 5.74) is 2.96. The number of benzene rings is 1. The fourth-order valence-electron chi connectivity index (χ4n) is 5.05. The normalized spacial score (nSPS) is 22.5. The van der Waals surface area contributed by atoms with Crippen LogP contribution in [0.1, 0.15) is 40.5 Å². The number of carbonyl (C=O) groups is 1. The highest BCUT2D eigenvalue weighted by Crippen LogP contribution is 2.53. The van der Waals surface area contributed by atoms with Crippen LogP contribution in [-0.4, -0.2) is 38.6 Å². The summed E-state index contributed by atoms with van der Waals surface area (Å²) in [6, 6.07) is 9.68. The average Bonchev–Trinajstić information content (AvgIpc) is 3.57. The molecule has 3 aromatic heterocycles. The zero-order valence-corrected chi connectivity index (χ0v) is 18.2. The second kappa shape index (κ2) is 7.54. The molecule has 3 N–H and O–H groups in total. The van der Waals surface area contributed by atoms with E-state index in [2.05, 4.69) is 20.2 Å². The van der Waals surface area contributed by atoms with E-state index in [0.717, 1.165) is 47.4 Å². The molecule has 4 heterocycles. The summed E-state index contributed by atoms with van der Waals surface area (Å²) in [7, 11) is 0. The van der Waals surface area contributed by atoms with Crippen LogP contribution in [0.4, 0.5) is 5.95 Å². The van der Waals surface area contributed by atoms with Crippen LogP contribution in [0.2, 0.25) is 0 Å². The quantitative estimate of drug-likeness (QED) is 0.428. The molecule has 1 saturated carbocycles. The Morgan fingerprint density at radius 2 is 2.25 bits per heavy atom. The minimum atomic E-state index is -0.198. The first kappa shape index (κ1) is 19.7. The Kier molecular flexibility index (Phi) is 4.63. The molecule has 1 spiro atoms. The van der Waals surface area contributed by atoms with Crippen LogP contribution in [0, 0.1) is 5.41 Å². The molecule has 2 fully saturated rings. The summed E-state index contributed by atoms with van der Waals surface area (Å²) in [5.74, 6) is 1.000. The summed E-state index contributed by atoms with van der Waals surface area (Å²) in [6.07, 6.45) is 6.33. The first-order valence-corrected chi connectivity index (χ1v) is 11.6. The highest BCUT2D eigenvalue weighted by atomic mass is 32.1. The zero-order valence-electron chi connectivity index (χ0n) is 17.4. The van der Waals surface area contributed by atoms with Gasteiger partial charge >= 0.3 is 0 Å². The third-order valence-corrected chi connectivity index (χ3v) is 7.80. The smallest absolute Gasteiger partial charge is 0.268 e. The van der Waals surface area contributed by atoms with Gasteiger partial charge in [0.05, 0.1) is 33.6 Å². The fraction of sp³-hybridized carbons (Fsp3) is 0.348. The van der Waals surface area contributed by atoms with Crippen molar-refractivity contribution in [3.05, 3.63) is 53.4 Å². The number of carbonyl (C=O) groups excluding carboxylic acids is 1. The van der Waals surface area contributed by atoms with Crippen molar-refractivity contribution >= 4 is 34.2 Å². The number of anilines is 1. The van der Waals surface area contributed by atoms with Gasteiger partial charge in [-0.15, -0.1) is 11.3 Å². The first-order valence-electron chi connectivity index (χ1n) is 10.8. The summed E-state index contributed by atoms with van der Waals surface area (Å²) < 4.78 is 7.49. The number of amides is 1. The third-order valence-electron chi connectivity index (χ3n) is 6.70. The van der Waals surface area contributed by atoms with Gasteiger partial charge in [0.2, 0.25) is 5.95 Å². The molecule has 0 unspecified atom stereocenters. The van der Waals surface area contributed by atoms with Gasteiger partial charge in [0.15, 0.2) is 12.2 Å². The molecule has 1 amide bonds. The Morgan fingerprint density at radius 3 is 3.00 bits per heavy atom. The van der Waals surface area contributed by atoms with Crippen molar-refractivity contribution in [2.24, 2.45) is 5.41 Å². The van der Waals surface area contributed by atoms with Crippen LogP contribution < -0.4 is 10.6 Å². The van der Waals surface area contributed by atoms with Crippen molar-refractivity contribution < 1.29 is 14.3 Å². The number of aromatic nitrogens is 3. The van der Waals surface area contributed by atoms with Crippen molar-refractivity contribution in [3.63, 3.8) is 0 Å². The number of aliphatic hydroxyl groups is 1. The SMILES string of the molecule is O=C(Nc1nc2ccc(CO)cc2n1[C@H]1C[C@@]2(CCNC2)C1)c1ccc(-c2cnco2)s1. The molecule has 0 atom stereocenters. The van der Waals surface area contributed by atoms with Crippen LogP contribution in [0.15, 0.2) is 47.3 Å². The van der Waals surface area contributed by atoms with E-state index < -0.39 is 0 Å². The Labute approximate surface area is 188 Å². The lowest BCUT2D eigenvalue weighted by Crippen LogP contribution is -2.40. The molecule has 9 heteroatoms. The lowest BCUT2D eigenvalue weighted by atomic mass is 9.65. The zero-order chi connectivity index (χ0) is 21.7. The number of nitrogens with one attached hydrogen (secondary N) is 2. The number of thiophene rings is 1. The van der Waals surface area contributed by atoms with Gasteiger partial charge in [-0.2, -0.15) is 0 Å². The number of nitrogens with zero attached hydrogens (tertiary/aromatic N) is 3. The second-order valence-electron chi connectivity index (χ2n) is 8.76. The molecule has 164 valence electrons. The van der Waals surface area contributed by atoms with E-state index in [1.807, 2.05) is 24.3 Å². The van der Waals surface area contributed by atoms with Crippen LogP contribution in [0.25, 0.3) is 21.7 Å². The van der Waals surface area contributed by atoms with Crippen molar-refractivity contribution in [1.82, 2.24) is 19.9 Å². The Hall–Kier alpha value is -3.01. The Bertz CT molecular complexity index is 1280. The first-order chi connectivity index (χ1) is 15.6. The molecule has 8 nitrogen and oxygen atoms in total. The maximum Gasteiger partial charge on any atom is 0.268 e. The standard InChI is InChI=1S/C23H23N5O3S/c29-11-14-1-2-16-17(7-14)28(15-8-23(9-15)5-6-24-12-23)22(26-16)27-21(30)20-4-3-19(32-20)18-10-25-13-31-18/h1-4,7,10,13,15,24,29H,5-6,8-9,11-12H2,(H,26,27,30)/t15-,23-. The molecule has 1 saturated heterocycles. The highest BCUT2D eigenvalue weighted by Gasteiger charge is 2.47. The molecular formula is C23H23N5O3S. The Morgan fingerprint density at radius 1 is 1.34 bits per heavy atom. The molecule has 6 rings (SSSR count). The van der Waals surface area contributed by atoms with Gasteiger partial charge in [0.1, 0.15) is 0 Å². The van der Waals surface area contributed by atoms with E-state index in [4.69, 9.17) is 9.40 Å². The molecular weight excluding hydrogens is 426 g/mol. The largest absolute Gasteiger partial charge is 0.443 e. The number of hydrogen-bond acceptors (Lipinski definition) is 7. The maximum absolute atomic E-state index is 13.1. The van der Waals surface area contributed by atoms with Crippen molar-refractivity contribution in [2.45, 2.75) is 31.9 Å². The van der Waals surface area contributed by atoms with Gasteiger partial charge in [0.25, 0.3) is 5.91 Å². The number of aliphatic hydroxyl groups excluding tert-OH is 1. The summed E-state index contributed by atoms with van der Waals surface area (Å²) in [4.78, 5) is 23.2. The summed E-state index contributed by atoms with van der Waals surface area (Å²) in [6.45, 7) is 2.10. The van der Waals surface area contributed by atoms with E-state index in [-0.39, 0.29) is 18.6 Å². The molecule has 1 aromatic carbocycles. The molecule has 2 aliphatic rings. The van der Waals surface area contributed by atoms with Crippen molar-refractivity contribution in [3.8, 4) is 10.6 Å². The van der Waals surface area contributed by atoms with E-state index in [1.54, 1.807) is 12.3 Å². The third kappa shape index (κ3) is 3.24. The minimum absolute atomic E-state index is 0.0268. The highest BCUT2D eigenvalue weighted by molar-refractivity contribution is 7.17. The lowest BCUT2D eigenvalue weighted by Gasteiger charge is -2.46. The molecule has 0 radical (unpaired) electrons. The van der Waals surface area contributed by atoms with Crippen LogP contribution >= 0.6 is 11.3 Å². The van der Waals surface area contributed by atoms with Gasteiger partial charge in [0, 0.05) is 12.6 Å². The number of imidazole rings is 1. The van der Waals surface area contributed by atoms with Crippen LogP contribution in [0.3, 0.4) is 0 Å². The van der Waals surface area contributed by atoms with Crippen molar-refractivity contribution in [1.29, 1.82) is 0 Å². The number of rotatable bonds is 5.